The molecule has 0 aliphatic carbocycles. The van der Waals surface area contributed by atoms with Crippen molar-refractivity contribution >= 4 is 0 Å². The molecule has 0 aliphatic rings. The van der Waals surface area contributed by atoms with Crippen LogP contribution in [0.4, 0.5) is 0 Å². The summed E-state index contributed by atoms with van der Waals surface area (Å²) in [5.41, 5.74) is 3.90. The fourth-order valence-electron chi connectivity index (χ4n) is 2.62. The van der Waals surface area contributed by atoms with E-state index in [0.29, 0.717) is 6.54 Å². The second kappa shape index (κ2) is 5.83. The van der Waals surface area contributed by atoms with E-state index < -0.39 is 0 Å². The lowest BCUT2D eigenvalue weighted by Crippen LogP contribution is -2.17. The van der Waals surface area contributed by atoms with E-state index in [1.807, 2.05) is 65.2 Å². The molecule has 0 aliphatic heterocycles. The molecule has 1 heterocycles. The summed E-state index contributed by atoms with van der Waals surface area (Å²) in [6.45, 7) is 2.79. The Balaban J connectivity index is 2.26. The first-order valence-corrected chi connectivity index (χ1v) is 7.25. The summed E-state index contributed by atoms with van der Waals surface area (Å²) in [6.07, 6.45) is 0.922. The predicted octanol–water partition coefficient (Wildman–Crippen LogP) is 3.92. The van der Waals surface area contributed by atoms with Crippen LogP contribution >= 0.6 is 0 Å². The number of benzene rings is 2. The lowest BCUT2D eigenvalue weighted by Gasteiger charge is -2.09. The number of hydrogen-bond donors (Lipinski definition) is 1. The highest BCUT2D eigenvalue weighted by Gasteiger charge is 2.16. The van der Waals surface area contributed by atoms with Gasteiger partial charge in [0.2, 0.25) is 0 Å². The van der Waals surface area contributed by atoms with Gasteiger partial charge >= 0.3 is 5.69 Å². The van der Waals surface area contributed by atoms with Crippen molar-refractivity contribution in [3.63, 3.8) is 0 Å². The van der Waals surface area contributed by atoms with Gasteiger partial charge in [0.1, 0.15) is 0 Å². The normalized spacial score (nSPS) is 10.7. The van der Waals surface area contributed by atoms with Crippen LogP contribution < -0.4 is 5.69 Å². The van der Waals surface area contributed by atoms with Gasteiger partial charge in [-0.25, -0.2) is 4.79 Å². The molecule has 0 unspecified atom stereocenters. The molecule has 106 valence electrons. The molecule has 0 atom stereocenters. The number of nitrogens with one attached hydrogen (secondary N) is 1. The molecule has 0 saturated heterocycles. The molecular formula is C18H18N2O. The molecule has 0 bridgehead atoms. The van der Waals surface area contributed by atoms with E-state index in [2.05, 4.69) is 11.9 Å². The van der Waals surface area contributed by atoms with Crippen LogP contribution in [0.25, 0.3) is 22.5 Å². The van der Waals surface area contributed by atoms with Crippen LogP contribution in [0.2, 0.25) is 0 Å². The molecular weight excluding hydrogens is 260 g/mol. The molecule has 0 amide bonds. The van der Waals surface area contributed by atoms with Gasteiger partial charge in [-0.1, -0.05) is 67.6 Å². The van der Waals surface area contributed by atoms with Gasteiger partial charge in [-0.15, -0.1) is 0 Å². The minimum atomic E-state index is -0.0467. The molecule has 3 heteroatoms. The average molecular weight is 278 g/mol. The number of H-pyrrole nitrogens is 1. The monoisotopic (exact) mass is 278 g/mol. The largest absolute Gasteiger partial charge is 0.326 e. The van der Waals surface area contributed by atoms with Crippen molar-refractivity contribution in [3.05, 3.63) is 71.1 Å². The molecule has 3 nitrogen and oxygen atoms in total. The Bertz CT molecular complexity index is 770. The van der Waals surface area contributed by atoms with Crippen LogP contribution in [-0.2, 0) is 6.54 Å². The Kier molecular flexibility index (Phi) is 3.73. The Morgan fingerprint density at radius 1 is 0.905 bits per heavy atom. The number of hydrogen-bond acceptors (Lipinski definition) is 1. The number of aromatic nitrogens is 2. The van der Waals surface area contributed by atoms with Crippen LogP contribution in [0.5, 0.6) is 0 Å². The first-order valence-electron chi connectivity index (χ1n) is 7.25. The highest BCUT2D eigenvalue weighted by molar-refractivity contribution is 5.78. The maximum atomic E-state index is 12.3. The molecule has 1 N–H and O–H groups in total. The minimum absolute atomic E-state index is 0.0467. The zero-order chi connectivity index (χ0) is 14.7. The summed E-state index contributed by atoms with van der Waals surface area (Å²) in [7, 11) is 0. The third-order valence-electron chi connectivity index (χ3n) is 3.54. The van der Waals surface area contributed by atoms with E-state index in [1.165, 1.54) is 0 Å². The van der Waals surface area contributed by atoms with Gasteiger partial charge in [0.15, 0.2) is 0 Å². The van der Waals surface area contributed by atoms with Crippen molar-refractivity contribution in [1.29, 1.82) is 0 Å². The SMILES string of the molecule is CCCn1c(-c2ccccc2)c(-c2ccccc2)[nH]c1=O. The lowest BCUT2D eigenvalue weighted by atomic mass is 10.0. The van der Waals surface area contributed by atoms with Crippen LogP contribution in [0.3, 0.4) is 0 Å². The van der Waals surface area contributed by atoms with Gasteiger partial charge in [-0.05, 0) is 6.42 Å². The van der Waals surface area contributed by atoms with Gasteiger partial charge in [-0.3, -0.25) is 4.57 Å². The lowest BCUT2D eigenvalue weighted by molar-refractivity contribution is 0.662. The van der Waals surface area contributed by atoms with Crippen molar-refractivity contribution in [2.45, 2.75) is 19.9 Å². The predicted molar refractivity (Wildman–Crippen MR) is 86.2 cm³/mol. The van der Waals surface area contributed by atoms with Crippen LogP contribution in [-0.4, -0.2) is 9.55 Å². The summed E-state index contributed by atoms with van der Waals surface area (Å²) in [6, 6.07) is 20.1. The smallest absolute Gasteiger partial charge is 0.305 e. The Labute approximate surface area is 123 Å². The van der Waals surface area contributed by atoms with Crippen LogP contribution in [0.15, 0.2) is 65.5 Å². The molecule has 2 aromatic carbocycles. The van der Waals surface area contributed by atoms with E-state index in [-0.39, 0.29) is 5.69 Å². The fraction of sp³-hybridized carbons (Fsp3) is 0.167. The second-order valence-electron chi connectivity index (χ2n) is 5.04. The molecule has 3 aromatic rings. The standard InChI is InChI=1S/C18H18N2O/c1-2-13-20-17(15-11-7-4-8-12-15)16(19-18(20)21)14-9-5-3-6-10-14/h3-12H,2,13H2,1H3,(H,19,21). The second-order valence-corrected chi connectivity index (χ2v) is 5.04. The van der Waals surface area contributed by atoms with E-state index in [4.69, 9.17) is 0 Å². The molecule has 1 aromatic heterocycles. The van der Waals surface area contributed by atoms with E-state index in [1.54, 1.807) is 0 Å². The third-order valence-corrected chi connectivity index (χ3v) is 3.54. The van der Waals surface area contributed by atoms with Gasteiger partial charge in [0.25, 0.3) is 0 Å². The summed E-state index contributed by atoms with van der Waals surface area (Å²) in [5.74, 6) is 0. The summed E-state index contributed by atoms with van der Waals surface area (Å²) < 4.78 is 1.83. The van der Waals surface area contributed by atoms with Gasteiger partial charge < -0.3 is 4.98 Å². The van der Waals surface area contributed by atoms with E-state index in [0.717, 1.165) is 28.9 Å². The molecule has 0 spiro atoms. The average Bonchev–Trinajstić information content (AvgIpc) is 2.86. The molecule has 3 rings (SSSR count). The molecule has 21 heavy (non-hydrogen) atoms. The maximum Gasteiger partial charge on any atom is 0.326 e. The number of aromatic amines is 1. The highest BCUT2D eigenvalue weighted by atomic mass is 16.1. The van der Waals surface area contributed by atoms with Crippen molar-refractivity contribution in [1.82, 2.24) is 9.55 Å². The first-order chi connectivity index (χ1) is 10.3. The number of nitrogens with zero attached hydrogens (tertiary/aromatic N) is 1. The van der Waals surface area contributed by atoms with Gasteiger partial charge in [0.05, 0.1) is 11.4 Å². The molecule has 0 fully saturated rings. The summed E-state index contributed by atoms with van der Waals surface area (Å²) in [5, 5.41) is 0. The molecule has 0 radical (unpaired) electrons. The zero-order valence-corrected chi connectivity index (χ0v) is 12.0. The summed E-state index contributed by atoms with van der Waals surface area (Å²) >= 11 is 0. The third kappa shape index (κ3) is 2.55. The quantitative estimate of drug-likeness (QED) is 0.771. The van der Waals surface area contributed by atoms with Crippen LogP contribution in [0, 0.1) is 0 Å². The highest BCUT2D eigenvalue weighted by Crippen LogP contribution is 2.29. The topological polar surface area (TPSA) is 37.8 Å². The number of imidazole rings is 1. The Morgan fingerprint density at radius 2 is 1.48 bits per heavy atom. The van der Waals surface area contributed by atoms with Crippen LogP contribution in [0.1, 0.15) is 13.3 Å². The number of rotatable bonds is 4. The minimum Gasteiger partial charge on any atom is -0.305 e. The fourth-order valence-corrected chi connectivity index (χ4v) is 2.62. The van der Waals surface area contributed by atoms with E-state index in [9.17, 15) is 4.79 Å². The van der Waals surface area contributed by atoms with E-state index >= 15 is 0 Å². The van der Waals surface area contributed by atoms with Crippen molar-refractivity contribution in [2.24, 2.45) is 0 Å². The zero-order valence-electron chi connectivity index (χ0n) is 12.0. The molecule has 0 saturated carbocycles. The maximum absolute atomic E-state index is 12.3. The van der Waals surface area contributed by atoms with Crippen molar-refractivity contribution in [3.8, 4) is 22.5 Å². The van der Waals surface area contributed by atoms with Crippen molar-refractivity contribution < 1.29 is 0 Å². The Hall–Kier alpha value is -2.55. The van der Waals surface area contributed by atoms with Crippen molar-refractivity contribution in [2.75, 3.05) is 0 Å². The Morgan fingerprint density at radius 3 is 2.05 bits per heavy atom. The first kappa shape index (κ1) is 13.4. The summed E-state index contributed by atoms with van der Waals surface area (Å²) in [4.78, 5) is 15.3. The van der Waals surface area contributed by atoms with Gasteiger partial charge in [0, 0.05) is 17.7 Å². The van der Waals surface area contributed by atoms with Gasteiger partial charge in [-0.2, -0.15) is 0 Å².